The lowest BCUT2D eigenvalue weighted by molar-refractivity contribution is 0.0600. The Morgan fingerprint density at radius 2 is 2.10 bits per heavy atom. The zero-order valence-corrected chi connectivity index (χ0v) is 10.9. The lowest BCUT2D eigenvalue weighted by Gasteiger charge is -1.99. The first kappa shape index (κ1) is 12.2. The number of nitrogens with two attached hydrogens (primary N) is 1. The molecule has 100 valence electrons. The Bertz CT molecular complexity index is 793. The van der Waals surface area contributed by atoms with Crippen molar-refractivity contribution in [3.05, 3.63) is 54.4 Å². The first-order valence-electron chi connectivity index (χ1n) is 6.11. The Labute approximate surface area is 115 Å². The van der Waals surface area contributed by atoms with Gasteiger partial charge in [0, 0.05) is 23.6 Å². The lowest BCUT2D eigenvalue weighted by Crippen LogP contribution is -2.01. The van der Waals surface area contributed by atoms with E-state index in [1.807, 2.05) is 34.9 Å². The molecule has 2 N–H and O–H groups in total. The van der Waals surface area contributed by atoms with Crippen LogP contribution in [0.3, 0.4) is 0 Å². The van der Waals surface area contributed by atoms with Crippen LogP contribution in [0.15, 0.2) is 48.8 Å². The van der Waals surface area contributed by atoms with Crippen LogP contribution in [0.25, 0.3) is 16.9 Å². The Morgan fingerprint density at radius 1 is 1.30 bits per heavy atom. The van der Waals surface area contributed by atoms with Crippen LogP contribution in [0.4, 0.5) is 5.69 Å². The first-order valence-corrected chi connectivity index (χ1v) is 6.11. The molecule has 0 spiro atoms. The van der Waals surface area contributed by atoms with Crippen LogP contribution >= 0.6 is 0 Å². The molecule has 5 nitrogen and oxygen atoms in total. The SMILES string of the molecule is COC(=O)c1ccn2cc(-c3ccccc3N)nc2c1. The zero-order chi connectivity index (χ0) is 14.1. The summed E-state index contributed by atoms with van der Waals surface area (Å²) in [5.41, 5.74) is 9.40. The molecule has 0 aliphatic heterocycles. The summed E-state index contributed by atoms with van der Waals surface area (Å²) in [5.74, 6) is -0.378. The third-order valence-electron chi connectivity index (χ3n) is 3.12. The highest BCUT2D eigenvalue weighted by Crippen LogP contribution is 2.25. The number of carbonyl (C=O) groups excluding carboxylic acids is 1. The number of nitrogens with zero attached hydrogens (tertiary/aromatic N) is 2. The first-order chi connectivity index (χ1) is 9.69. The summed E-state index contributed by atoms with van der Waals surface area (Å²) in [6.45, 7) is 0. The average molecular weight is 267 g/mol. The molecule has 0 amide bonds. The van der Waals surface area contributed by atoms with E-state index in [0.717, 1.165) is 11.3 Å². The molecular formula is C15H13N3O2. The molecule has 2 heterocycles. The normalized spacial score (nSPS) is 10.7. The molecule has 0 saturated carbocycles. The fourth-order valence-corrected chi connectivity index (χ4v) is 2.09. The topological polar surface area (TPSA) is 69.6 Å². The van der Waals surface area contributed by atoms with E-state index in [0.29, 0.717) is 16.9 Å². The quantitative estimate of drug-likeness (QED) is 0.571. The number of para-hydroxylation sites is 1. The van der Waals surface area contributed by atoms with Gasteiger partial charge in [0.05, 0.1) is 18.4 Å². The van der Waals surface area contributed by atoms with Gasteiger partial charge in [-0.25, -0.2) is 9.78 Å². The summed E-state index contributed by atoms with van der Waals surface area (Å²) < 4.78 is 6.54. The van der Waals surface area contributed by atoms with Gasteiger partial charge in [0.15, 0.2) is 0 Å². The van der Waals surface area contributed by atoms with E-state index >= 15 is 0 Å². The van der Waals surface area contributed by atoms with Crippen LogP contribution < -0.4 is 5.73 Å². The molecule has 3 rings (SSSR count). The highest BCUT2D eigenvalue weighted by atomic mass is 16.5. The summed E-state index contributed by atoms with van der Waals surface area (Å²) in [7, 11) is 1.36. The molecule has 0 atom stereocenters. The lowest BCUT2D eigenvalue weighted by atomic mass is 10.1. The molecule has 5 heteroatoms. The van der Waals surface area contributed by atoms with Crippen molar-refractivity contribution in [2.45, 2.75) is 0 Å². The number of esters is 1. The number of hydrogen-bond donors (Lipinski definition) is 1. The van der Waals surface area contributed by atoms with Gasteiger partial charge in [-0.3, -0.25) is 0 Å². The van der Waals surface area contributed by atoms with Crippen molar-refractivity contribution in [1.29, 1.82) is 0 Å². The minimum atomic E-state index is -0.378. The fraction of sp³-hybridized carbons (Fsp3) is 0.0667. The predicted molar refractivity (Wildman–Crippen MR) is 76.4 cm³/mol. The van der Waals surface area contributed by atoms with Gasteiger partial charge >= 0.3 is 5.97 Å². The van der Waals surface area contributed by atoms with Gasteiger partial charge in [0.2, 0.25) is 0 Å². The van der Waals surface area contributed by atoms with Gasteiger partial charge in [0.25, 0.3) is 0 Å². The molecule has 0 radical (unpaired) electrons. The number of aromatic nitrogens is 2. The summed E-state index contributed by atoms with van der Waals surface area (Å²) in [6.07, 6.45) is 3.65. The van der Waals surface area contributed by atoms with Crippen LogP contribution in [-0.2, 0) is 4.74 Å². The van der Waals surface area contributed by atoms with E-state index in [1.165, 1.54) is 7.11 Å². The number of hydrogen-bond acceptors (Lipinski definition) is 4. The second kappa shape index (κ2) is 4.70. The Hall–Kier alpha value is -2.82. The van der Waals surface area contributed by atoms with Crippen molar-refractivity contribution in [3.63, 3.8) is 0 Å². The maximum Gasteiger partial charge on any atom is 0.338 e. The minimum absolute atomic E-state index is 0.378. The van der Waals surface area contributed by atoms with Crippen LogP contribution in [-0.4, -0.2) is 22.5 Å². The summed E-state index contributed by atoms with van der Waals surface area (Å²) >= 11 is 0. The number of anilines is 1. The number of pyridine rings is 1. The fourth-order valence-electron chi connectivity index (χ4n) is 2.09. The van der Waals surface area contributed by atoms with Gasteiger partial charge in [-0.2, -0.15) is 0 Å². The second-order valence-electron chi connectivity index (χ2n) is 4.39. The molecule has 0 saturated heterocycles. The summed E-state index contributed by atoms with van der Waals surface area (Å²) in [5, 5.41) is 0. The van der Waals surface area contributed by atoms with Crippen LogP contribution in [0, 0.1) is 0 Å². The molecule has 0 unspecified atom stereocenters. The van der Waals surface area contributed by atoms with Crippen LogP contribution in [0.1, 0.15) is 10.4 Å². The number of rotatable bonds is 2. The molecule has 0 bridgehead atoms. The van der Waals surface area contributed by atoms with Crippen molar-refractivity contribution in [3.8, 4) is 11.3 Å². The third-order valence-corrected chi connectivity index (χ3v) is 3.12. The molecule has 1 aromatic carbocycles. The van der Waals surface area contributed by atoms with Gasteiger partial charge in [-0.1, -0.05) is 18.2 Å². The number of carbonyl (C=O) groups is 1. The Kier molecular flexibility index (Phi) is 2.87. The van der Waals surface area contributed by atoms with Crippen molar-refractivity contribution in [2.75, 3.05) is 12.8 Å². The van der Waals surface area contributed by atoms with E-state index in [4.69, 9.17) is 10.5 Å². The number of imidazole rings is 1. The number of nitrogen functional groups attached to an aromatic ring is 1. The molecule has 0 fully saturated rings. The number of fused-ring (bicyclic) bond motifs is 1. The second-order valence-corrected chi connectivity index (χ2v) is 4.39. The maximum atomic E-state index is 11.5. The average Bonchev–Trinajstić information content (AvgIpc) is 2.89. The largest absolute Gasteiger partial charge is 0.465 e. The van der Waals surface area contributed by atoms with Crippen LogP contribution in [0.2, 0.25) is 0 Å². The van der Waals surface area contributed by atoms with E-state index in [1.54, 1.807) is 18.3 Å². The van der Waals surface area contributed by atoms with Gasteiger partial charge < -0.3 is 14.9 Å². The Morgan fingerprint density at radius 3 is 2.85 bits per heavy atom. The number of benzene rings is 1. The predicted octanol–water partition coefficient (Wildman–Crippen LogP) is 2.37. The van der Waals surface area contributed by atoms with E-state index in [9.17, 15) is 4.79 Å². The molecule has 3 aromatic rings. The molecule has 2 aromatic heterocycles. The van der Waals surface area contributed by atoms with E-state index < -0.39 is 0 Å². The van der Waals surface area contributed by atoms with Gasteiger partial charge in [0.1, 0.15) is 5.65 Å². The van der Waals surface area contributed by atoms with Crippen molar-refractivity contribution in [1.82, 2.24) is 9.38 Å². The highest BCUT2D eigenvalue weighted by molar-refractivity contribution is 5.90. The van der Waals surface area contributed by atoms with Crippen LogP contribution in [0.5, 0.6) is 0 Å². The van der Waals surface area contributed by atoms with E-state index in [2.05, 4.69) is 4.98 Å². The van der Waals surface area contributed by atoms with E-state index in [-0.39, 0.29) is 5.97 Å². The van der Waals surface area contributed by atoms with Crippen molar-refractivity contribution >= 4 is 17.3 Å². The highest BCUT2D eigenvalue weighted by Gasteiger charge is 2.10. The number of methoxy groups -OCH3 is 1. The zero-order valence-electron chi connectivity index (χ0n) is 10.9. The van der Waals surface area contributed by atoms with Crippen molar-refractivity contribution < 1.29 is 9.53 Å². The third kappa shape index (κ3) is 1.99. The van der Waals surface area contributed by atoms with Gasteiger partial charge in [-0.15, -0.1) is 0 Å². The number of ether oxygens (including phenoxy) is 1. The minimum Gasteiger partial charge on any atom is -0.465 e. The summed E-state index contributed by atoms with van der Waals surface area (Å²) in [6, 6.07) is 10.9. The van der Waals surface area contributed by atoms with Gasteiger partial charge in [-0.05, 0) is 18.2 Å². The van der Waals surface area contributed by atoms with Crippen molar-refractivity contribution in [2.24, 2.45) is 0 Å². The molecule has 0 aliphatic rings. The maximum absolute atomic E-state index is 11.5. The summed E-state index contributed by atoms with van der Waals surface area (Å²) in [4.78, 5) is 16.0. The molecular weight excluding hydrogens is 254 g/mol. The Balaban J connectivity index is 2.12. The monoisotopic (exact) mass is 267 g/mol. The molecule has 0 aliphatic carbocycles. The smallest absolute Gasteiger partial charge is 0.338 e. The molecule has 20 heavy (non-hydrogen) atoms. The standard InChI is InChI=1S/C15H13N3O2/c1-20-15(19)10-6-7-18-9-13(17-14(18)8-10)11-4-2-3-5-12(11)16/h2-9H,16H2,1H3.